The minimum atomic E-state index is -0.406. The fourth-order valence-electron chi connectivity index (χ4n) is 3.25. The summed E-state index contributed by atoms with van der Waals surface area (Å²) in [7, 11) is 0. The number of hydrogen-bond acceptors (Lipinski definition) is 5. The summed E-state index contributed by atoms with van der Waals surface area (Å²) < 4.78 is 10.6. The van der Waals surface area contributed by atoms with Gasteiger partial charge in [-0.05, 0) is 44.0 Å². The van der Waals surface area contributed by atoms with Gasteiger partial charge in [0.2, 0.25) is 12.7 Å². The lowest BCUT2D eigenvalue weighted by Crippen LogP contribution is -2.49. The van der Waals surface area contributed by atoms with Crippen LogP contribution in [-0.2, 0) is 11.3 Å². The summed E-state index contributed by atoms with van der Waals surface area (Å²) >= 11 is 0. The lowest BCUT2D eigenvalue weighted by atomic mass is 9.98. The zero-order chi connectivity index (χ0) is 16.2. The topological polar surface area (TPSA) is 71.0 Å². The molecule has 1 aromatic carbocycles. The van der Waals surface area contributed by atoms with Crippen LogP contribution in [0.4, 0.5) is 0 Å². The van der Waals surface area contributed by atoms with Crippen molar-refractivity contribution in [1.29, 1.82) is 0 Å². The molecule has 2 aliphatic heterocycles. The molecule has 0 radical (unpaired) electrons. The third-order valence-corrected chi connectivity index (χ3v) is 4.49. The van der Waals surface area contributed by atoms with Gasteiger partial charge in [-0.3, -0.25) is 9.69 Å². The molecule has 1 fully saturated rings. The largest absolute Gasteiger partial charge is 0.454 e. The fraction of sp³-hybridized carbons (Fsp3) is 0.588. The van der Waals surface area contributed by atoms with E-state index in [0.29, 0.717) is 13.1 Å². The molecule has 2 heterocycles. The molecule has 1 aromatic rings. The van der Waals surface area contributed by atoms with Crippen LogP contribution in [0.2, 0.25) is 0 Å². The molecule has 0 spiro atoms. The highest BCUT2D eigenvalue weighted by atomic mass is 16.7. The molecular weight excluding hydrogens is 296 g/mol. The molecule has 6 nitrogen and oxygen atoms in total. The number of benzene rings is 1. The molecule has 2 aliphatic rings. The fourth-order valence-corrected chi connectivity index (χ4v) is 3.25. The van der Waals surface area contributed by atoms with Crippen LogP contribution in [0.3, 0.4) is 0 Å². The maximum Gasteiger partial charge on any atom is 0.234 e. The number of likely N-dealkylation sites (tertiary alicyclic amines) is 1. The molecule has 0 aromatic heterocycles. The number of nitrogens with one attached hydrogen (secondary N) is 1. The number of piperidine rings is 1. The zero-order valence-electron chi connectivity index (χ0n) is 13.5. The first-order valence-corrected chi connectivity index (χ1v) is 8.21. The lowest BCUT2D eigenvalue weighted by Gasteiger charge is -2.36. The second-order valence-corrected chi connectivity index (χ2v) is 6.24. The summed E-state index contributed by atoms with van der Waals surface area (Å²) in [5.74, 6) is 1.45. The van der Waals surface area contributed by atoms with Crippen LogP contribution in [0.15, 0.2) is 18.2 Å². The molecule has 0 bridgehead atoms. The second-order valence-electron chi connectivity index (χ2n) is 6.24. The van der Waals surface area contributed by atoms with Crippen molar-refractivity contribution in [3.8, 4) is 11.5 Å². The Balaban J connectivity index is 1.51. The number of aliphatic hydroxyl groups excluding tert-OH is 1. The standard InChI is InChI=1S/C17H24N2O4/c1-12(20)14-4-2-3-7-19(14)10-17(21)18-9-13-5-6-15-16(8-13)23-11-22-15/h5-6,8,12,14,20H,2-4,7,9-11H2,1H3,(H,18,21)/t12-,14+/m0/s1. The van der Waals surface area contributed by atoms with E-state index in [1.807, 2.05) is 18.2 Å². The van der Waals surface area contributed by atoms with Crippen molar-refractivity contribution in [1.82, 2.24) is 10.2 Å². The Morgan fingerprint density at radius 2 is 2.22 bits per heavy atom. The van der Waals surface area contributed by atoms with Crippen molar-refractivity contribution in [2.75, 3.05) is 19.9 Å². The zero-order valence-corrected chi connectivity index (χ0v) is 13.5. The van der Waals surface area contributed by atoms with Crippen LogP contribution in [0.5, 0.6) is 11.5 Å². The van der Waals surface area contributed by atoms with Gasteiger partial charge in [0.25, 0.3) is 0 Å². The molecule has 1 amide bonds. The molecule has 126 valence electrons. The van der Waals surface area contributed by atoms with E-state index >= 15 is 0 Å². The first kappa shape index (κ1) is 16.1. The van der Waals surface area contributed by atoms with Crippen LogP contribution in [0.25, 0.3) is 0 Å². The lowest BCUT2D eigenvalue weighted by molar-refractivity contribution is -0.124. The molecule has 2 N–H and O–H groups in total. The highest BCUT2D eigenvalue weighted by molar-refractivity contribution is 5.78. The van der Waals surface area contributed by atoms with Crippen molar-refractivity contribution < 1.29 is 19.4 Å². The van der Waals surface area contributed by atoms with Crippen molar-refractivity contribution in [3.63, 3.8) is 0 Å². The quantitative estimate of drug-likeness (QED) is 0.855. The molecule has 0 unspecified atom stereocenters. The Labute approximate surface area is 136 Å². The van der Waals surface area contributed by atoms with Crippen molar-refractivity contribution in [3.05, 3.63) is 23.8 Å². The van der Waals surface area contributed by atoms with Gasteiger partial charge < -0.3 is 19.9 Å². The number of rotatable bonds is 5. The van der Waals surface area contributed by atoms with Crippen LogP contribution < -0.4 is 14.8 Å². The summed E-state index contributed by atoms with van der Waals surface area (Å²) in [6.07, 6.45) is 2.74. The number of aliphatic hydroxyl groups is 1. The maximum atomic E-state index is 12.2. The molecule has 3 rings (SSSR count). The smallest absolute Gasteiger partial charge is 0.234 e. The summed E-state index contributed by atoms with van der Waals surface area (Å²) in [6.45, 7) is 3.71. The number of carbonyl (C=O) groups is 1. The van der Waals surface area contributed by atoms with Gasteiger partial charge >= 0.3 is 0 Å². The van der Waals surface area contributed by atoms with Gasteiger partial charge in [0.05, 0.1) is 12.6 Å². The van der Waals surface area contributed by atoms with Gasteiger partial charge in [-0.1, -0.05) is 12.5 Å². The maximum absolute atomic E-state index is 12.2. The third kappa shape index (κ3) is 3.95. The average Bonchev–Trinajstić information content (AvgIpc) is 3.01. The minimum Gasteiger partial charge on any atom is -0.454 e. The molecule has 0 aliphatic carbocycles. The number of hydrogen-bond donors (Lipinski definition) is 2. The monoisotopic (exact) mass is 320 g/mol. The highest BCUT2D eigenvalue weighted by Crippen LogP contribution is 2.32. The van der Waals surface area contributed by atoms with Gasteiger partial charge in [0.15, 0.2) is 11.5 Å². The number of nitrogens with zero attached hydrogens (tertiary/aromatic N) is 1. The molecular formula is C17H24N2O4. The molecule has 23 heavy (non-hydrogen) atoms. The number of ether oxygens (including phenoxy) is 2. The van der Waals surface area contributed by atoms with E-state index in [9.17, 15) is 9.90 Å². The van der Waals surface area contributed by atoms with E-state index in [2.05, 4.69) is 10.2 Å². The summed E-state index contributed by atoms with van der Waals surface area (Å²) in [6, 6.07) is 5.76. The molecule has 0 saturated carbocycles. The van der Waals surface area contributed by atoms with E-state index in [1.165, 1.54) is 0 Å². The van der Waals surface area contributed by atoms with Crippen molar-refractivity contribution in [2.45, 2.75) is 44.9 Å². The number of amides is 1. The van der Waals surface area contributed by atoms with Crippen LogP contribution in [0, 0.1) is 0 Å². The van der Waals surface area contributed by atoms with Gasteiger partial charge in [-0.15, -0.1) is 0 Å². The third-order valence-electron chi connectivity index (χ3n) is 4.49. The molecule has 6 heteroatoms. The Morgan fingerprint density at radius 1 is 1.39 bits per heavy atom. The first-order valence-electron chi connectivity index (χ1n) is 8.21. The van der Waals surface area contributed by atoms with Crippen LogP contribution >= 0.6 is 0 Å². The second kappa shape index (κ2) is 7.19. The minimum absolute atomic E-state index is 0.0183. The summed E-state index contributed by atoms with van der Waals surface area (Å²) in [5, 5.41) is 12.8. The summed E-state index contributed by atoms with van der Waals surface area (Å²) in [5.41, 5.74) is 0.980. The SMILES string of the molecule is C[C@H](O)[C@H]1CCCCN1CC(=O)NCc1ccc2c(c1)OCO2. The van der Waals surface area contributed by atoms with Crippen molar-refractivity contribution in [2.24, 2.45) is 0 Å². The predicted octanol–water partition coefficient (Wildman–Crippen LogP) is 1.27. The van der Waals surface area contributed by atoms with E-state index < -0.39 is 6.10 Å². The predicted molar refractivity (Wildman–Crippen MR) is 85.3 cm³/mol. The van der Waals surface area contributed by atoms with E-state index in [1.54, 1.807) is 6.92 Å². The normalized spacial score (nSPS) is 21.9. The van der Waals surface area contributed by atoms with Gasteiger partial charge in [-0.2, -0.15) is 0 Å². The van der Waals surface area contributed by atoms with Gasteiger partial charge in [0.1, 0.15) is 0 Å². The summed E-state index contributed by atoms with van der Waals surface area (Å²) in [4.78, 5) is 14.3. The Bertz CT molecular complexity index is 562. The number of fused-ring (bicyclic) bond motifs is 1. The van der Waals surface area contributed by atoms with Crippen molar-refractivity contribution >= 4 is 5.91 Å². The molecule has 2 atom stereocenters. The van der Waals surface area contributed by atoms with Gasteiger partial charge in [0, 0.05) is 12.6 Å². The Morgan fingerprint density at radius 3 is 3.04 bits per heavy atom. The van der Waals surface area contributed by atoms with Gasteiger partial charge in [-0.25, -0.2) is 0 Å². The average molecular weight is 320 g/mol. The first-order chi connectivity index (χ1) is 11.1. The highest BCUT2D eigenvalue weighted by Gasteiger charge is 2.27. The Hall–Kier alpha value is -1.79. The van der Waals surface area contributed by atoms with Crippen LogP contribution in [-0.4, -0.2) is 47.9 Å². The molecule has 1 saturated heterocycles. The van der Waals surface area contributed by atoms with E-state index in [4.69, 9.17) is 9.47 Å². The van der Waals surface area contributed by atoms with E-state index in [0.717, 1.165) is 42.9 Å². The Kier molecular flexibility index (Phi) is 5.03. The number of carbonyl (C=O) groups excluding carboxylic acids is 1. The van der Waals surface area contributed by atoms with E-state index in [-0.39, 0.29) is 18.7 Å². The van der Waals surface area contributed by atoms with Crippen LogP contribution in [0.1, 0.15) is 31.7 Å².